The molecule has 122 valence electrons. The van der Waals surface area contributed by atoms with Gasteiger partial charge >= 0.3 is 0 Å². The Hall–Kier alpha value is -0.610. The standard InChI is InChI=1S/C17H33N3O/c1-3-11-19-17(21)13(2)20-16-10-5-4-8-14(16)15-9-6-7-12-18-15/h13-16,18,20H,3-12H2,1-2H3,(H,19,21). The molecule has 2 aliphatic rings. The highest BCUT2D eigenvalue weighted by molar-refractivity contribution is 5.81. The number of rotatable bonds is 6. The molecule has 4 unspecified atom stereocenters. The van der Waals surface area contributed by atoms with Crippen molar-refractivity contribution in [2.75, 3.05) is 13.1 Å². The monoisotopic (exact) mass is 295 g/mol. The van der Waals surface area contributed by atoms with Crippen LogP contribution in [0.2, 0.25) is 0 Å². The van der Waals surface area contributed by atoms with Gasteiger partial charge in [-0.1, -0.05) is 26.2 Å². The fourth-order valence-electron chi connectivity index (χ4n) is 3.89. The van der Waals surface area contributed by atoms with Crippen molar-refractivity contribution in [2.24, 2.45) is 5.92 Å². The SMILES string of the molecule is CCCNC(=O)C(C)NC1CCCCC1C1CCCCN1. The van der Waals surface area contributed by atoms with Crippen LogP contribution in [-0.4, -0.2) is 37.1 Å². The molecule has 0 aromatic rings. The summed E-state index contributed by atoms with van der Waals surface area (Å²) < 4.78 is 0. The van der Waals surface area contributed by atoms with Crippen LogP contribution in [0.1, 0.15) is 65.2 Å². The molecule has 0 radical (unpaired) electrons. The van der Waals surface area contributed by atoms with Gasteiger partial charge in [0.15, 0.2) is 0 Å². The second kappa shape index (κ2) is 8.74. The molecule has 0 bridgehead atoms. The lowest BCUT2D eigenvalue weighted by Gasteiger charge is -2.40. The van der Waals surface area contributed by atoms with Crippen molar-refractivity contribution in [3.05, 3.63) is 0 Å². The average Bonchev–Trinajstić information content (AvgIpc) is 2.54. The summed E-state index contributed by atoms with van der Waals surface area (Å²) in [4.78, 5) is 12.1. The Labute approximate surface area is 129 Å². The molecule has 4 nitrogen and oxygen atoms in total. The Morgan fingerprint density at radius 3 is 2.67 bits per heavy atom. The van der Waals surface area contributed by atoms with Crippen LogP contribution in [0.5, 0.6) is 0 Å². The summed E-state index contributed by atoms with van der Waals surface area (Å²) in [5, 5.41) is 10.3. The molecule has 1 amide bonds. The van der Waals surface area contributed by atoms with Crippen LogP contribution in [0.4, 0.5) is 0 Å². The summed E-state index contributed by atoms with van der Waals surface area (Å²) >= 11 is 0. The van der Waals surface area contributed by atoms with Gasteiger partial charge < -0.3 is 16.0 Å². The van der Waals surface area contributed by atoms with Crippen molar-refractivity contribution in [1.82, 2.24) is 16.0 Å². The van der Waals surface area contributed by atoms with E-state index in [4.69, 9.17) is 0 Å². The van der Waals surface area contributed by atoms with E-state index in [1.165, 1.54) is 51.5 Å². The zero-order valence-electron chi connectivity index (χ0n) is 13.8. The fourth-order valence-corrected chi connectivity index (χ4v) is 3.89. The van der Waals surface area contributed by atoms with Crippen LogP contribution in [0.15, 0.2) is 0 Å². The van der Waals surface area contributed by atoms with E-state index in [2.05, 4.69) is 22.9 Å². The van der Waals surface area contributed by atoms with Gasteiger partial charge in [-0.05, 0) is 51.5 Å². The van der Waals surface area contributed by atoms with Gasteiger partial charge in [-0.15, -0.1) is 0 Å². The summed E-state index contributed by atoms with van der Waals surface area (Å²) in [6.45, 7) is 6.04. The van der Waals surface area contributed by atoms with Crippen LogP contribution in [0.3, 0.4) is 0 Å². The van der Waals surface area contributed by atoms with Crippen molar-refractivity contribution in [1.29, 1.82) is 0 Å². The maximum Gasteiger partial charge on any atom is 0.236 e. The van der Waals surface area contributed by atoms with Gasteiger partial charge in [0.25, 0.3) is 0 Å². The quantitative estimate of drug-likeness (QED) is 0.704. The first-order valence-corrected chi connectivity index (χ1v) is 8.99. The maximum absolute atomic E-state index is 12.1. The molecule has 2 fully saturated rings. The Bertz CT molecular complexity index is 315. The maximum atomic E-state index is 12.1. The zero-order chi connectivity index (χ0) is 15.1. The lowest BCUT2D eigenvalue weighted by molar-refractivity contribution is -0.123. The summed E-state index contributed by atoms with van der Waals surface area (Å²) in [7, 11) is 0. The van der Waals surface area contributed by atoms with Crippen molar-refractivity contribution >= 4 is 5.91 Å². The molecule has 0 aromatic heterocycles. The highest BCUT2D eigenvalue weighted by Gasteiger charge is 2.33. The molecule has 0 aromatic carbocycles. The fraction of sp³-hybridized carbons (Fsp3) is 0.941. The Morgan fingerprint density at radius 2 is 1.95 bits per heavy atom. The van der Waals surface area contributed by atoms with Crippen LogP contribution in [-0.2, 0) is 4.79 Å². The third kappa shape index (κ3) is 4.96. The predicted octanol–water partition coefficient (Wildman–Crippen LogP) is 2.19. The van der Waals surface area contributed by atoms with E-state index < -0.39 is 0 Å². The molecule has 21 heavy (non-hydrogen) atoms. The first-order chi connectivity index (χ1) is 10.2. The first kappa shape index (κ1) is 16.8. The molecular weight excluding hydrogens is 262 g/mol. The number of amides is 1. The van der Waals surface area contributed by atoms with E-state index in [0.29, 0.717) is 18.0 Å². The van der Waals surface area contributed by atoms with Gasteiger partial charge in [0.05, 0.1) is 6.04 Å². The number of hydrogen-bond donors (Lipinski definition) is 3. The largest absolute Gasteiger partial charge is 0.355 e. The molecule has 4 heteroatoms. The van der Waals surface area contributed by atoms with Gasteiger partial charge in [-0.2, -0.15) is 0 Å². The Morgan fingerprint density at radius 1 is 1.19 bits per heavy atom. The lowest BCUT2D eigenvalue weighted by atomic mass is 9.77. The highest BCUT2D eigenvalue weighted by Crippen LogP contribution is 2.30. The number of carbonyl (C=O) groups excluding carboxylic acids is 1. The Kier molecular flexibility index (Phi) is 6.97. The molecule has 0 spiro atoms. The van der Waals surface area contributed by atoms with Crippen molar-refractivity contribution in [3.63, 3.8) is 0 Å². The molecule has 1 heterocycles. The molecule has 1 saturated heterocycles. The minimum Gasteiger partial charge on any atom is -0.355 e. The number of hydrogen-bond acceptors (Lipinski definition) is 3. The first-order valence-electron chi connectivity index (χ1n) is 8.99. The third-order valence-electron chi connectivity index (χ3n) is 5.09. The van der Waals surface area contributed by atoms with E-state index in [9.17, 15) is 4.79 Å². The van der Waals surface area contributed by atoms with Crippen LogP contribution >= 0.6 is 0 Å². The average molecular weight is 295 g/mol. The summed E-state index contributed by atoms with van der Waals surface area (Å²) in [5.74, 6) is 0.846. The lowest BCUT2D eigenvalue weighted by Crippen LogP contribution is -2.55. The van der Waals surface area contributed by atoms with Crippen LogP contribution < -0.4 is 16.0 Å². The van der Waals surface area contributed by atoms with E-state index in [0.717, 1.165) is 13.0 Å². The van der Waals surface area contributed by atoms with Crippen molar-refractivity contribution < 1.29 is 4.79 Å². The summed E-state index contributed by atoms with van der Waals surface area (Å²) in [6, 6.07) is 1.07. The van der Waals surface area contributed by atoms with Gasteiger partial charge in [-0.3, -0.25) is 4.79 Å². The van der Waals surface area contributed by atoms with E-state index in [-0.39, 0.29) is 11.9 Å². The number of nitrogens with one attached hydrogen (secondary N) is 3. The minimum atomic E-state index is -0.0780. The number of piperidine rings is 1. The second-order valence-corrected chi connectivity index (χ2v) is 6.79. The molecule has 1 aliphatic carbocycles. The second-order valence-electron chi connectivity index (χ2n) is 6.79. The van der Waals surface area contributed by atoms with E-state index in [1.807, 2.05) is 6.92 Å². The normalized spacial score (nSPS) is 31.6. The molecule has 1 saturated carbocycles. The number of carbonyl (C=O) groups is 1. The minimum absolute atomic E-state index is 0.0780. The van der Waals surface area contributed by atoms with E-state index >= 15 is 0 Å². The van der Waals surface area contributed by atoms with Crippen LogP contribution in [0, 0.1) is 5.92 Å². The van der Waals surface area contributed by atoms with E-state index in [1.54, 1.807) is 0 Å². The molecule has 2 rings (SSSR count). The molecule has 3 N–H and O–H groups in total. The molecular formula is C17H33N3O. The Balaban J connectivity index is 1.87. The molecule has 1 aliphatic heterocycles. The smallest absolute Gasteiger partial charge is 0.236 e. The van der Waals surface area contributed by atoms with Gasteiger partial charge in [-0.25, -0.2) is 0 Å². The highest BCUT2D eigenvalue weighted by atomic mass is 16.2. The van der Waals surface area contributed by atoms with Crippen molar-refractivity contribution in [3.8, 4) is 0 Å². The zero-order valence-corrected chi connectivity index (χ0v) is 13.8. The summed E-state index contributed by atoms with van der Waals surface area (Å²) in [5.41, 5.74) is 0. The van der Waals surface area contributed by atoms with Gasteiger partial charge in [0.1, 0.15) is 0 Å². The van der Waals surface area contributed by atoms with Gasteiger partial charge in [0.2, 0.25) is 5.91 Å². The molecule has 4 atom stereocenters. The third-order valence-corrected chi connectivity index (χ3v) is 5.09. The summed E-state index contributed by atoms with van der Waals surface area (Å²) in [6.07, 6.45) is 10.1. The topological polar surface area (TPSA) is 53.2 Å². The van der Waals surface area contributed by atoms with Crippen LogP contribution in [0.25, 0.3) is 0 Å². The predicted molar refractivity (Wildman–Crippen MR) is 87.3 cm³/mol. The van der Waals surface area contributed by atoms with Gasteiger partial charge in [0, 0.05) is 18.6 Å². The van der Waals surface area contributed by atoms with Crippen molar-refractivity contribution in [2.45, 2.75) is 83.3 Å².